The Hall–Kier alpha value is -1.00. The lowest BCUT2D eigenvalue weighted by Crippen LogP contribution is -2.40. The average molecular weight is 255 g/mol. The smallest absolute Gasteiger partial charge is 0.130 e. The first-order valence-corrected chi connectivity index (χ1v) is 6.49. The molecule has 0 aliphatic carbocycles. The molecule has 2 rings (SSSR count). The first kappa shape index (κ1) is 13.4. The second kappa shape index (κ2) is 5.76. The molecule has 4 heteroatoms. The van der Waals surface area contributed by atoms with Crippen molar-refractivity contribution in [1.82, 2.24) is 4.90 Å². The van der Waals surface area contributed by atoms with E-state index in [4.69, 9.17) is 0 Å². The van der Waals surface area contributed by atoms with Crippen molar-refractivity contribution in [1.29, 1.82) is 0 Å². The number of piperidine rings is 1. The third-order valence-corrected chi connectivity index (χ3v) is 3.58. The lowest BCUT2D eigenvalue weighted by Gasteiger charge is -2.36. The molecule has 1 aromatic rings. The Morgan fingerprint density at radius 2 is 2.22 bits per heavy atom. The summed E-state index contributed by atoms with van der Waals surface area (Å²) in [5.74, 6) is -1.05. The Balaban J connectivity index is 2.21. The molecule has 1 aliphatic rings. The van der Waals surface area contributed by atoms with Gasteiger partial charge < -0.3 is 5.11 Å². The minimum absolute atomic E-state index is 0.0828. The van der Waals surface area contributed by atoms with Crippen molar-refractivity contribution in [3.05, 3.63) is 35.4 Å². The summed E-state index contributed by atoms with van der Waals surface area (Å²) in [4.78, 5) is 2.09. The van der Waals surface area contributed by atoms with Crippen LogP contribution in [0.1, 0.15) is 37.8 Å². The SMILES string of the molecule is CCC(c1ccc(F)cc1F)N1CCCC(O)C1. The summed E-state index contributed by atoms with van der Waals surface area (Å²) in [6, 6.07) is 3.65. The van der Waals surface area contributed by atoms with Crippen LogP contribution in [0.25, 0.3) is 0 Å². The maximum atomic E-state index is 13.8. The third kappa shape index (κ3) is 2.87. The van der Waals surface area contributed by atoms with E-state index in [-0.39, 0.29) is 12.1 Å². The number of halogens is 2. The molecular weight excluding hydrogens is 236 g/mol. The highest BCUT2D eigenvalue weighted by atomic mass is 19.1. The number of aliphatic hydroxyl groups excluding tert-OH is 1. The second-order valence-corrected chi connectivity index (χ2v) is 4.88. The first-order valence-electron chi connectivity index (χ1n) is 6.49. The van der Waals surface area contributed by atoms with Crippen LogP contribution in [0.5, 0.6) is 0 Å². The van der Waals surface area contributed by atoms with E-state index in [2.05, 4.69) is 4.90 Å². The van der Waals surface area contributed by atoms with Crippen LogP contribution in [0, 0.1) is 11.6 Å². The van der Waals surface area contributed by atoms with E-state index in [9.17, 15) is 13.9 Å². The van der Waals surface area contributed by atoms with Crippen LogP contribution in [-0.4, -0.2) is 29.2 Å². The van der Waals surface area contributed by atoms with E-state index in [0.717, 1.165) is 31.9 Å². The highest BCUT2D eigenvalue weighted by Gasteiger charge is 2.26. The molecule has 1 aromatic carbocycles. The molecule has 1 heterocycles. The molecule has 0 amide bonds. The normalized spacial score (nSPS) is 23.0. The quantitative estimate of drug-likeness (QED) is 0.897. The monoisotopic (exact) mass is 255 g/mol. The fourth-order valence-corrected chi connectivity index (χ4v) is 2.71. The number of hydrogen-bond donors (Lipinski definition) is 1. The van der Waals surface area contributed by atoms with E-state index in [1.165, 1.54) is 12.1 Å². The molecule has 1 aliphatic heterocycles. The second-order valence-electron chi connectivity index (χ2n) is 4.88. The standard InChI is InChI=1S/C14H19F2NO/c1-2-14(17-7-3-4-11(18)9-17)12-6-5-10(15)8-13(12)16/h5-6,8,11,14,18H,2-4,7,9H2,1H3. The van der Waals surface area contributed by atoms with Crippen LogP contribution in [0.2, 0.25) is 0 Å². The molecular formula is C14H19F2NO. The molecule has 1 saturated heterocycles. The Morgan fingerprint density at radius 1 is 1.44 bits per heavy atom. The van der Waals surface area contributed by atoms with Gasteiger partial charge in [0.25, 0.3) is 0 Å². The lowest BCUT2D eigenvalue weighted by atomic mass is 9.98. The predicted octanol–water partition coefficient (Wildman–Crippen LogP) is 2.87. The van der Waals surface area contributed by atoms with E-state index < -0.39 is 11.6 Å². The zero-order chi connectivity index (χ0) is 13.1. The minimum Gasteiger partial charge on any atom is -0.392 e. The van der Waals surface area contributed by atoms with Crippen LogP contribution in [0.15, 0.2) is 18.2 Å². The Bertz CT molecular complexity index is 411. The zero-order valence-electron chi connectivity index (χ0n) is 10.6. The van der Waals surface area contributed by atoms with E-state index in [0.29, 0.717) is 12.1 Å². The summed E-state index contributed by atoms with van der Waals surface area (Å²) in [7, 11) is 0. The molecule has 0 bridgehead atoms. The number of benzene rings is 1. The van der Waals surface area contributed by atoms with Gasteiger partial charge in [-0.1, -0.05) is 13.0 Å². The topological polar surface area (TPSA) is 23.5 Å². The molecule has 2 atom stereocenters. The fraction of sp³-hybridized carbons (Fsp3) is 0.571. The van der Waals surface area contributed by atoms with Crippen LogP contribution in [0.4, 0.5) is 8.78 Å². The maximum Gasteiger partial charge on any atom is 0.130 e. The number of nitrogens with zero attached hydrogens (tertiary/aromatic N) is 1. The number of aliphatic hydroxyl groups is 1. The van der Waals surface area contributed by atoms with Gasteiger partial charge in [-0.05, 0) is 31.9 Å². The van der Waals surface area contributed by atoms with Crippen molar-refractivity contribution < 1.29 is 13.9 Å². The molecule has 0 spiro atoms. The van der Waals surface area contributed by atoms with E-state index >= 15 is 0 Å². The number of rotatable bonds is 3. The van der Waals surface area contributed by atoms with E-state index in [1.54, 1.807) is 0 Å². The van der Waals surface area contributed by atoms with Crippen molar-refractivity contribution in [2.45, 2.75) is 38.3 Å². The van der Waals surface area contributed by atoms with E-state index in [1.807, 2.05) is 6.92 Å². The van der Waals surface area contributed by atoms with Gasteiger partial charge in [0.15, 0.2) is 0 Å². The Labute approximate surface area is 106 Å². The molecule has 100 valence electrons. The summed E-state index contributed by atoms with van der Waals surface area (Å²) in [5.41, 5.74) is 0.521. The van der Waals surface area contributed by atoms with Gasteiger partial charge in [0.2, 0.25) is 0 Å². The summed E-state index contributed by atoms with van der Waals surface area (Å²) in [6.45, 7) is 3.40. The zero-order valence-corrected chi connectivity index (χ0v) is 10.6. The van der Waals surface area contributed by atoms with Gasteiger partial charge in [0.05, 0.1) is 6.10 Å². The summed E-state index contributed by atoms with van der Waals surface area (Å²) < 4.78 is 26.7. The highest BCUT2D eigenvalue weighted by Crippen LogP contribution is 2.29. The largest absolute Gasteiger partial charge is 0.392 e. The van der Waals surface area contributed by atoms with Gasteiger partial charge in [-0.25, -0.2) is 8.78 Å². The first-order chi connectivity index (χ1) is 8.61. The third-order valence-electron chi connectivity index (χ3n) is 3.58. The van der Waals surface area contributed by atoms with Crippen LogP contribution >= 0.6 is 0 Å². The van der Waals surface area contributed by atoms with Gasteiger partial charge in [0, 0.05) is 24.2 Å². The average Bonchev–Trinajstić information content (AvgIpc) is 2.33. The molecule has 2 unspecified atom stereocenters. The number of hydrogen-bond acceptors (Lipinski definition) is 2. The predicted molar refractivity (Wildman–Crippen MR) is 66.2 cm³/mol. The maximum absolute atomic E-state index is 13.8. The van der Waals surface area contributed by atoms with Crippen molar-refractivity contribution >= 4 is 0 Å². The summed E-state index contributed by atoms with van der Waals surface area (Å²) >= 11 is 0. The van der Waals surface area contributed by atoms with Crippen LogP contribution < -0.4 is 0 Å². The van der Waals surface area contributed by atoms with Crippen LogP contribution in [0.3, 0.4) is 0 Å². The van der Waals surface area contributed by atoms with Gasteiger partial charge in [-0.3, -0.25) is 4.90 Å². The molecule has 0 radical (unpaired) electrons. The van der Waals surface area contributed by atoms with Crippen molar-refractivity contribution in [2.75, 3.05) is 13.1 Å². The molecule has 1 fully saturated rings. The molecule has 0 saturated carbocycles. The fourth-order valence-electron chi connectivity index (χ4n) is 2.71. The van der Waals surface area contributed by atoms with Gasteiger partial charge in [0.1, 0.15) is 11.6 Å². The summed E-state index contributed by atoms with van der Waals surface area (Å²) in [5, 5.41) is 9.69. The molecule has 18 heavy (non-hydrogen) atoms. The van der Waals surface area contributed by atoms with Crippen molar-refractivity contribution in [3.63, 3.8) is 0 Å². The molecule has 0 aromatic heterocycles. The van der Waals surface area contributed by atoms with Gasteiger partial charge in [-0.15, -0.1) is 0 Å². The molecule has 1 N–H and O–H groups in total. The lowest BCUT2D eigenvalue weighted by molar-refractivity contribution is 0.0439. The molecule has 2 nitrogen and oxygen atoms in total. The van der Waals surface area contributed by atoms with Gasteiger partial charge >= 0.3 is 0 Å². The van der Waals surface area contributed by atoms with Crippen molar-refractivity contribution in [3.8, 4) is 0 Å². The number of β-amino-alcohol motifs (C(OH)–C–C–N with tert-alkyl or cyclic N) is 1. The van der Waals surface area contributed by atoms with Crippen molar-refractivity contribution in [2.24, 2.45) is 0 Å². The Kier molecular flexibility index (Phi) is 4.30. The highest BCUT2D eigenvalue weighted by molar-refractivity contribution is 5.22. The van der Waals surface area contributed by atoms with Crippen LogP contribution in [-0.2, 0) is 0 Å². The minimum atomic E-state index is -0.551. The summed E-state index contributed by atoms with van der Waals surface area (Å²) in [6.07, 6.45) is 2.13. The van der Waals surface area contributed by atoms with Gasteiger partial charge in [-0.2, -0.15) is 0 Å². The Morgan fingerprint density at radius 3 is 2.83 bits per heavy atom. The number of likely N-dealkylation sites (tertiary alicyclic amines) is 1.